The van der Waals surface area contributed by atoms with Crippen molar-refractivity contribution in [2.24, 2.45) is 0 Å². The number of anilines is 1. The van der Waals surface area contributed by atoms with Crippen LogP contribution in [0, 0.1) is 5.82 Å². The summed E-state index contributed by atoms with van der Waals surface area (Å²) in [6, 6.07) is 17.8. The Kier molecular flexibility index (Phi) is 5.82. The molecule has 9 heteroatoms. The maximum Gasteiger partial charge on any atom is 0.244 e. The van der Waals surface area contributed by atoms with E-state index in [9.17, 15) is 22.4 Å². The van der Waals surface area contributed by atoms with E-state index in [0.717, 1.165) is 6.07 Å². The Morgan fingerprint density at radius 3 is 2.41 bits per heavy atom. The van der Waals surface area contributed by atoms with Crippen molar-refractivity contribution in [3.8, 4) is 0 Å². The van der Waals surface area contributed by atoms with Gasteiger partial charge in [-0.25, -0.2) is 12.8 Å². The number of pyridine rings is 1. The molecule has 3 aromatic carbocycles. The van der Waals surface area contributed by atoms with Crippen molar-refractivity contribution in [1.29, 1.82) is 0 Å². The number of fused-ring (bicyclic) bond motifs is 1. The zero-order valence-electron chi connectivity index (χ0n) is 16.5. The summed E-state index contributed by atoms with van der Waals surface area (Å²) in [6.07, 6.45) is 1.17. The van der Waals surface area contributed by atoms with Gasteiger partial charge in [-0.1, -0.05) is 41.9 Å². The second-order valence-corrected chi connectivity index (χ2v) is 9.29. The predicted octanol–water partition coefficient (Wildman–Crippen LogP) is 4.27. The molecule has 1 N–H and O–H groups in total. The lowest BCUT2D eigenvalue weighted by Crippen LogP contribution is -2.23. The number of carbonyl (C=O) groups is 1. The number of nitrogens with one attached hydrogen (secondary N) is 1. The molecular weight excluding hydrogens is 455 g/mol. The Labute approximate surface area is 187 Å². The van der Waals surface area contributed by atoms with E-state index in [1.807, 2.05) is 0 Å². The van der Waals surface area contributed by atoms with Crippen molar-refractivity contribution in [2.75, 3.05) is 5.32 Å². The van der Waals surface area contributed by atoms with Crippen LogP contribution in [0.2, 0.25) is 5.02 Å². The standard InChI is InChI=1S/C23H16ClFN2O4S/c24-18-12-15(10-11-19(18)25)26-22(28)14-27-13-21(23(29)17-8-4-5-9-20(17)27)32(30,31)16-6-2-1-3-7-16/h1-13H,14H2,(H,26,28). The van der Waals surface area contributed by atoms with Crippen LogP contribution < -0.4 is 10.7 Å². The molecule has 6 nitrogen and oxygen atoms in total. The first-order chi connectivity index (χ1) is 15.3. The molecule has 0 aliphatic carbocycles. The Balaban J connectivity index is 1.77. The molecular formula is C23H16ClFN2O4S. The van der Waals surface area contributed by atoms with Gasteiger partial charge in [0.05, 0.1) is 15.4 Å². The van der Waals surface area contributed by atoms with Gasteiger partial charge in [-0.2, -0.15) is 0 Å². The number of aromatic nitrogens is 1. The third kappa shape index (κ3) is 4.15. The number of benzene rings is 3. The lowest BCUT2D eigenvalue weighted by molar-refractivity contribution is -0.116. The summed E-state index contributed by atoms with van der Waals surface area (Å²) < 4.78 is 41.0. The third-order valence-electron chi connectivity index (χ3n) is 4.82. The topological polar surface area (TPSA) is 85.2 Å². The van der Waals surface area contributed by atoms with Crippen LogP contribution in [0.25, 0.3) is 10.9 Å². The highest BCUT2D eigenvalue weighted by molar-refractivity contribution is 7.91. The fourth-order valence-electron chi connectivity index (χ4n) is 3.30. The van der Waals surface area contributed by atoms with Crippen molar-refractivity contribution in [2.45, 2.75) is 16.3 Å². The van der Waals surface area contributed by atoms with E-state index < -0.39 is 31.9 Å². The van der Waals surface area contributed by atoms with Gasteiger partial charge in [0.2, 0.25) is 21.2 Å². The van der Waals surface area contributed by atoms with Gasteiger partial charge in [0.15, 0.2) is 0 Å². The smallest absolute Gasteiger partial charge is 0.244 e. The van der Waals surface area contributed by atoms with Crippen LogP contribution in [0.4, 0.5) is 10.1 Å². The summed E-state index contributed by atoms with van der Waals surface area (Å²) in [4.78, 5) is 25.2. The Hall–Kier alpha value is -3.49. The van der Waals surface area contributed by atoms with Gasteiger partial charge in [-0.05, 0) is 42.5 Å². The van der Waals surface area contributed by atoms with Crippen LogP contribution in [0.5, 0.6) is 0 Å². The second-order valence-electron chi connectivity index (χ2n) is 6.96. The summed E-state index contributed by atoms with van der Waals surface area (Å²) in [7, 11) is -4.11. The fraction of sp³-hybridized carbons (Fsp3) is 0.0435. The molecule has 0 fully saturated rings. The Morgan fingerprint density at radius 1 is 1.00 bits per heavy atom. The zero-order valence-corrected chi connectivity index (χ0v) is 18.0. The van der Waals surface area contributed by atoms with Crippen molar-refractivity contribution in [1.82, 2.24) is 4.57 Å². The maximum atomic E-state index is 13.4. The number of para-hydroxylation sites is 1. The van der Waals surface area contributed by atoms with Gasteiger partial charge in [0, 0.05) is 17.3 Å². The van der Waals surface area contributed by atoms with E-state index >= 15 is 0 Å². The van der Waals surface area contributed by atoms with E-state index in [-0.39, 0.29) is 27.5 Å². The molecule has 4 rings (SSSR count). The van der Waals surface area contributed by atoms with Crippen LogP contribution in [0.1, 0.15) is 0 Å². The molecule has 0 atom stereocenters. The Bertz CT molecular complexity index is 1500. The first kappa shape index (κ1) is 21.7. The summed E-state index contributed by atoms with van der Waals surface area (Å²) >= 11 is 5.75. The number of hydrogen-bond acceptors (Lipinski definition) is 4. The fourth-order valence-corrected chi connectivity index (χ4v) is 4.87. The minimum absolute atomic E-state index is 0.0238. The normalized spacial score (nSPS) is 11.4. The number of sulfone groups is 1. The summed E-state index contributed by atoms with van der Waals surface area (Å²) in [5.74, 6) is -1.13. The molecule has 0 aliphatic rings. The van der Waals surface area contributed by atoms with Crippen molar-refractivity contribution < 1.29 is 17.6 Å². The average molecular weight is 471 g/mol. The maximum absolute atomic E-state index is 13.4. The molecule has 0 unspecified atom stereocenters. The van der Waals surface area contributed by atoms with Crippen molar-refractivity contribution >= 4 is 43.9 Å². The van der Waals surface area contributed by atoms with Gasteiger partial charge in [0.1, 0.15) is 17.3 Å². The van der Waals surface area contributed by atoms with E-state index in [2.05, 4.69) is 5.32 Å². The molecule has 0 bridgehead atoms. The van der Waals surface area contributed by atoms with Crippen molar-refractivity contribution in [3.05, 3.63) is 100 Å². The van der Waals surface area contributed by atoms with Crippen LogP contribution >= 0.6 is 11.6 Å². The van der Waals surface area contributed by atoms with E-state index in [1.165, 1.54) is 41.1 Å². The summed E-state index contributed by atoms with van der Waals surface area (Å²) in [5.41, 5.74) is 0.0344. The minimum atomic E-state index is -4.11. The van der Waals surface area contributed by atoms with Crippen LogP contribution in [-0.4, -0.2) is 18.9 Å². The van der Waals surface area contributed by atoms with E-state index in [4.69, 9.17) is 11.6 Å². The number of amides is 1. The summed E-state index contributed by atoms with van der Waals surface area (Å²) in [6.45, 7) is -0.285. The largest absolute Gasteiger partial charge is 0.336 e. The molecule has 1 amide bonds. The molecule has 162 valence electrons. The number of halogens is 2. The molecule has 4 aromatic rings. The SMILES string of the molecule is O=C(Cn1cc(S(=O)(=O)c2ccccc2)c(=O)c2ccccc21)Nc1ccc(F)c(Cl)c1. The number of nitrogens with zero attached hydrogens (tertiary/aromatic N) is 1. The van der Waals surface area contributed by atoms with E-state index in [0.29, 0.717) is 5.52 Å². The lowest BCUT2D eigenvalue weighted by Gasteiger charge is -2.14. The molecule has 1 heterocycles. The molecule has 0 saturated carbocycles. The number of rotatable bonds is 5. The highest BCUT2D eigenvalue weighted by Crippen LogP contribution is 2.22. The van der Waals surface area contributed by atoms with Crippen LogP contribution in [0.3, 0.4) is 0 Å². The molecule has 0 radical (unpaired) electrons. The first-order valence-electron chi connectivity index (χ1n) is 9.44. The monoisotopic (exact) mass is 470 g/mol. The molecule has 0 saturated heterocycles. The average Bonchev–Trinajstić information content (AvgIpc) is 2.78. The highest BCUT2D eigenvalue weighted by atomic mass is 35.5. The first-order valence-corrected chi connectivity index (χ1v) is 11.3. The molecule has 1 aromatic heterocycles. The quantitative estimate of drug-likeness (QED) is 0.472. The Morgan fingerprint density at radius 2 is 1.69 bits per heavy atom. The van der Waals surface area contributed by atoms with E-state index in [1.54, 1.807) is 36.4 Å². The number of hydrogen-bond donors (Lipinski definition) is 1. The molecule has 0 spiro atoms. The zero-order chi connectivity index (χ0) is 22.9. The highest BCUT2D eigenvalue weighted by Gasteiger charge is 2.24. The van der Waals surface area contributed by atoms with Gasteiger partial charge in [-0.3, -0.25) is 9.59 Å². The van der Waals surface area contributed by atoms with Gasteiger partial charge < -0.3 is 9.88 Å². The van der Waals surface area contributed by atoms with Gasteiger partial charge in [0.25, 0.3) is 0 Å². The molecule has 0 aliphatic heterocycles. The van der Waals surface area contributed by atoms with Gasteiger partial charge >= 0.3 is 0 Å². The lowest BCUT2D eigenvalue weighted by atomic mass is 10.2. The summed E-state index contributed by atoms with van der Waals surface area (Å²) in [5, 5.41) is 2.61. The van der Waals surface area contributed by atoms with Crippen LogP contribution in [0.15, 0.2) is 93.6 Å². The number of carbonyl (C=O) groups excluding carboxylic acids is 1. The second kappa shape index (κ2) is 8.57. The predicted molar refractivity (Wildman–Crippen MR) is 120 cm³/mol. The van der Waals surface area contributed by atoms with Crippen LogP contribution in [-0.2, 0) is 21.2 Å². The van der Waals surface area contributed by atoms with Gasteiger partial charge in [-0.15, -0.1) is 0 Å². The van der Waals surface area contributed by atoms with Crippen molar-refractivity contribution in [3.63, 3.8) is 0 Å². The third-order valence-corrected chi connectivity index (χ3v) is 6.87. The molecule has 32 heavy (non-hydrogen) atoms. The minimum Gasteiger partial charge on any atom is -0.336 e.